The van der Waals surface area contributed by atoms with Gasteiger partial charge in [-0.1, -0.05) is 49.0 Å². The number of carbonyl (C=O) groups excluding carboxylic acids is 2. The molecule has 1 aliphatic carbocycles. The number of sulfonamides is 1. The summed E-state index contributed by atoms with van der Waals surface area (Å²) in [5.41, 5.74) is 1.06. The first-order valence-corrected chi connectivity index (χ1v) is 15.4. The molecule has 2 aromatic rings. The number of carbonyl (C=O) groups is 2. The quantitative estimate of drug-likeness (QED) is 0.352. The maximum Gasteiger partial charge on any atom is 0.244 e. The van der Waals surface area contributed by atoms with E-state index in [1.807, 2.05) is 6.92 Å². The molecule has 0 heterocycles. The number of rotatable bonds is 10. The minimum absolute atomic E-state index is 0.0800. The molecule has 0 bridgehead atoms. The van der Waals surface area contributed by atoms with Gasteiger partial charge < -0.3 is 10.2 Å². The molecule has 36 heavy (non-hydrogen) atoms. The number of halogens is 3. The minimum atomic E-state index is -3.77. The van der Waals surface area contributed by atoms with E-state index in [1.165, 1.54) is 4.90 Å². The van der Waals surface area contributed by atoms with Crippen molar-refractivity contribution in [3.63, 3.8) is 0 Å². The molecule has 0 unspecified atom stereocenters. The highest BCUT2D eigenvalue weighted by molar-refractivity contribution is 14.1. The van der Waals surface area contributed by atoms with Crippen LogP contribution in [0.2, 0.25) is 10.0 Å². The fourth-order valence-electron chi connectivity index (χ4n) is 4.34. The topological polar surface area (TPSA) is 86.8 Å². The van der Waals surface area contributed by atoms with E-state index in [4.69, 9.17) is 23.2 Å². The Balaban J connectivity index is 1.93. The van der Waals surface area contributed by atoms with Gasteiger partial charge in [0.15, 0.2) is 0 Å². The van der Waals surface area contributed by atoms with Crippen molar-refractivity contribution in [3.05, 3.63) is 61.6 Å². The Hall–Kier alpha value is -1.56. The van der Waals surface area contributed by atoms with Crippen LogP contribution in [0.25, 0.3) is 0 Å². The van der Waals surface area contributed by atoms with Gasteiger partial charge in [-0.3, -0.25) is 13.9 Å². The third kappa shape index (κ3) is 7.72. The van der Waals surface area contributed by atoms with Crippen LogP contribution in [0.1, 0.15) is 44.6 Å². The summed E-state index contributed by atoms with van der Waals surface area (Å²) in [6.45, 7) is 1.48. The van der Waals surface area contributed by atoms with E-state index in [9.17, 15) is 18.0 Å². The van der Waals surface area contributed by atoms with Crippen molar-refractivity contribution < 1.29 is 18.0 Å². The number of hydrogen-bond donors (Lipinski definition) is 1. The zero-order chi connectivity index (χ0) is 26.5. The first-order valence-electron chi connectivity index (χ1n) is 11.8. The van der Waals surface area contributed by atoms with Crippen LogP contribution in [0.3, 0.4) is 0 Å². The number of hydrogen-bond acceptors (Lipinski definition) is 4. The van der Waals surface area contributed by atoms with Crippen LogP contribution in [-0.4, -0.2) is 50.0 Å². The fourth-order valence-corrected chi connectivity index (χ4v) is 5.87. The molecule has 0 spiro atoms. The lowest BCUT2D eigenvalue weighted by Gasteiger charge is -2.33. The van der Waals surface area contributed by atoms with E-state index in [0.29, 0.717) is 27.7 Å². The molecule has 2 aromatic carbocycles. The van der Waals surface area contributed by atoms with Crippen LogP contribution in [0.5, 0.6) is 0 Å². The largest absolute Gasteiger partial charge is 0.352 e. The number of anilines is 1. The fraction of sp³-hybridized carbons (Fsp3) is 0.440. The van der Waals surface area contributed by atoms with Gasteiger partial charge in [0.2, 0.25) is 21.8 Å². The van der Waals surface area contributed by atoms with Crippen molar-refractivity contribution in [2.24, 2.45) is 0 Å². The summed E-state index contributed by atoms with van der Waals surface area (Å²) in [5, 5.41) is 3.80. The highest BCUT2D eigenvalue weighted by atomic mass is 127. The van der Waals surface area contributed by atoms with E-state index in [1.54, 1.807) is 42.5 Å². The second kappa shape index (κ2) is 12.8. The molecular formula is C25H30Cl2IN3O4S. The molecule has 1 fully saturated rings. The van der Waals surface area contributed by atoms with Gasteiger partial charge in [-0.2, -0.15) is 0 Å². The normalized spacial score (nSPS) is 14.9. The lowest BCUT2D eigenvalue weighted by Crippen LogP contribution is -2.53. The van der Waals surface area contributed by atoms with Crippen molar-refractivity contribution >= 4 is 73.3 Å². The van der Waals surface area contributed by atoms with Gasteiger partial charge in [-0.15, -0.1) is 0 Å². The standard InChI is InChI=1S/C25H30Cl2IN3O4S/c1-3-23(25(33)29-19-6-4-5-7-19)30(15-17-8-13-21(26)22(27)14-17)24(32)16-31(36(2,34)35)20-11-9-18(28)10-12-20/h8-14,19,23H,3-7,15-16H2,1-2H3,(H,29,33)/t23-/m1/s1. The van der Waals surface area contributed by atoms with Gasteiger partial charge in [-0.05, 0) is 83.8 Å². The zero-order valence-corrected chi connectivity index (χ0v) is 24.7. The lowest BCUT2D eigenvalue weighted by atomic mass is 10.1. The van der Waals surface area contributed by atoms with E-state index >= 15 is 0 Å². The SMILES string of the molecule is CC[C@H](C(=O)NC1CCCC1)N(Cc1ccc(Cl)c(Cl)c1)C(=O)CN(c1ccc(I)cc1)S(C)(=O)=O. The van der Waals surface area contributed by atoms with Crippen LogP contribution in [0, 0.1) is 3.57 Å². The minimum Gasteiger partial charge on any atom is -0.352 e. The summed E-state index contributed by atoms with van der Waals surface area (Å²) in [5.74, 6) is -0.726. The Bertz CT molecular complexity index is 1190. The molecule has 7 nitrogen and oxygen atoms in total. The van der Waals surface area contributed by atoms with Gasteiger partial charge in [0.1, 0.15) is 12.6 Å². The van der Waals surface area contributed by atoms with Gasteiger partial charge >= 0.3 is 0 Å². The predicted molar refractivity (Wildman–Crippen MR) is 153 cm³/mol. The molecule has 0 radical (unpaired) electrons. The molecular weight excluding hydrogens is 636 g/mol. The molecule has 11 heteroatoms. The summed E-state index contributed by atoms with van der Waals surface area (Å²) in [6, 6.07) is 11.2. The second-order valence-electron chi connectivity index (χ2n) is 8.93. The summed E-state index contributed by atoms with van der Waals surface area (Å²) in [4.78, 5) is 28.5. The molecule has 1 saturated carbocycles. The Morgan fingerprint density at radius 3 is 2.28 bits per heavy atom. The average molecular weight is 666 g/mol. The lowest BCUT2D eigenvalue weighted by molar-refractivity contribution is -0.140. The third-order valence-corrected chi connectivity index (χ3v) is 8.82. The second-order valence-corrected chi connectivity index (χ2v) is 12.9. The Labute approximate surface area is 236 Å². The van der Waals surface area contributed by atoms with E-state index in [2.05, 4.69) is 27.9 Å². The van der Waals surface area contributed by atoms with Crippen molar-refractivity contribution in [1.29, 1.82) is 0 Å². The maximum absolute atomic E-state index is 13.7. The van der Waals surface area contributed by atoms with Crippen LogP contribution in [-0.2, 0) is 26.2 Å². The van der Waals surface area contributed by atoms with Gasteiger partial charge in [0.25, 0.3) is 0 Å². The van der Waals surface area contributed by atoms with Gasteiger partial charge in [-0.25, -0.2) is 8.42 Å². The summed E-state index contributed by atoms with van der Waals surface area (Å²) in [6.07, 6.45) is 5.38. The third-order valence-electron chi connectivity index (χ3n) is 6.22. The maximum atomic E-state index is 13.7. The molecule has 0 aliphatic heterocycles. The molecule has 1 N–H and O–H groups in total. The average Bonchev–Trinajstić information content (AvgIpc) is 3.32. The highest BCUT2D eigenvalue weighted by Crippen LogP contribution is 2.25. The van der Waals surface area contributed by atoms with Crippen molar-refractivity contribution in [3.8, 4) is 0 Å². The number of benzene rings is 2. The molecule has 196 valence electrons. The predicted octanol–water partition coefficient (Wildman–Crippen LogP) is 5.23. The smallest absolute Gasteiger partial charge is 0.244 e. The number of nitrogens with zero attached hydrogens (tertiary/aromatic N) is 2. The number of nitrogens with one attached hydrogen (secondary N) is 1. The van der Waals surface area contributed by atoms with Crippen molar-refractivity contribution in [2.75, 3.05) is 17.1 Å². The first kappa shape index (κ1) is 29.0. The van der Waals surface area contributed by atoms with Crippen molar-refractivity contribution in [1.82, 2.24) is 10.2 Å². The monoisotopic (exact) mass is 665 g/mol. The van der Waals surface area contributed by atoms with E-state index in [-0.39, 0.29) is 18.5 Å². The molecule has 0 aromatic heterocycles. The van der Waals surface area contributed by atoms with Crippen LogP contribution in [0.4, 0.5) is 5.69 Å². The zero-order valence-electron chi connectivity index (χ0n) is 20.2. The molecule has 2 amide bonds. The van der Waals surface area contributed by atoms with Crippen molar-refractivity contribution in [2.45, 2.75) is 57.7 Å². The Morgan fingerprint density at radius 1 is 1.08 bits per heavy atom. The summed E-state index contributed by atoms with van der Waals surface area (Å²) >= 11 is 14.4. The van der Waals surface area contributed by atoms with Crippen LogP contribution >= 0.6 is 45.8 Å². The molecule has 1 aliphatic rings. The highest BCUT2D eigenvalue weighted by Gasteiger charge is 2.33. The first-order chi connectivity index (χ1) is 17.0. The van der Waals surface area contributed by atoms with Crippen LogP contribution < -0.4 is 9.62 Å². The van der Waals surface area contributed by atoms with E-state index in [0.717, 1.165) is 39.8 Å². The summed E-state index contributed by atoms with van der Waals surface area (Å²) in [7, 11) is -3.77. The summed E-state index contributed by atoms with van der Waals surface area (Å²) < 4.78 is 27.3. The Kier molecular flexibility index (Phi) is 10.3. The van der Waals surface area contributed by atoms with Gasteiger partial charge in [0.05, 0.1) is 22.0 Å². The van der Waals surface area contributed by atoms with Gasteiger partial charge in [0, 0.05) is 16.2 Å². The number of amides is 2. The van der Waals surface area contributed by atoms with Crippen LogP contribution in [0.15, 0.2) is 42.5 Å². The molecule has 0 saturated heterocycles. The molecule has 3 rings (SSSR count). The van der Waals surface area contributed by atoms with E-state index < -0.39 is 28.5 Å². The molecule has 1 atom stereocenters. The Morgan fingerprint density at radius 2 is 1.72 bits per heavy atom.